The molecule has 0 saturated carbocycles. The van der Waals surface area contributed by atoms with Gasteiger partial charge in [0.05, 0.1) is 48.0 Å². The summed E-state index contributed by atoms with van der Waals surface area (Å²) in [6.45, 7) is 10.4. The van der Waals surface area contributed by atoms with Crippen LogP contribution in [-0.2, 0) is 23.9 Å². The van der Waals surface area contributed by atoms with Gasteiger partial charge in [-0.05, 0) is 30.4 Å². The van der Waals surface area contributed by atoms with Crippen molar-refractivity contribution in [2.75, 3.05) is 39.5 Å². The van der Waals surface area contributed by atoms with E-state index in [4.69, 9.17) is 15.2 Å². The molecule has 11 nitrogen and oxygen atoms in total. The first-order valence-corrected chi connectivity index (χ1v) is 14.7. The molecule has 1 fully saturated rings. The number of benzene rings is 1. The third-order valence-electron chi connectivity index (χ3n) is 6.93. The molecular formula is C29H43N5O6S. The number of aliphatic hydroxyl groups excluding tert-OH is 1. The lowest BCUT2D eigenvalue weighted by atomic mass is 9.85. The van der Waals surface area contributed by atoms with Crippen LogP contribution in [0.4, 0.5) is 0 Å². The van der Waals surface area contributed by atoms with E-state index in [1.165, 1.54) is 4.90 Å². The van der Waals surface area contributed by atoms with Crippen LogP contribution >= 0.6 is 11.3 Å². The highest BCUT2D eigenvalue weighted by Crippen LogP contribution is 2.29. The largest absolute Gasteiger partial charge is 0.391 e. The Hall–Kier alpha value is -2.90. The van der Waals surface area contributed by atoms with Crippen LogP contribution < -0.4 is 16.4 Å². The molecule has 1 aliphatic rings. The molecule has 3 amide bonds. The zero-order valence-corrected chi connectivity index (χ0v) is 25.3. The van der Waals surface area contributed by atoms with Gasteiger partial charge in [0.15, 0.2) is 0 Å². The van der Waals surface area contributed by atoms with Crippen molar-refractivity contribution in [2.45, 2.75) is 65.3 Å². The second-order valence-electron chi connectivity index (χ2n) is 11.3. The van der Waals surface area contributed by atoms with Crippen molar-refractivity contribution >= 4 is 29.1 Å². The van der Waals surface area contributed by atoms with Crippen LogP contribution in [-0.4, -0.2) is 90.4 Å². The average Bonchev–Trinajstić information content (AvgIpc) is 3.53. The van der Waals surface area contributed by atoms with Crippen LogP contribution in [0.1, 0.15) is 51.4 Å². The van der Waals surface area contributed by atoms with E-state index in [1.54, 1.807) is 11.3 Å². The van der Waals surface area contributed by atoms with E-state index < -0.39 is 35.4 Å². The Labute approximate surface area is 245 Å². The monoisotopic (exact) mass is 589 g/mol. The second kappa shape index (κ2) is 14.8. The number of aryl methyl sites for hydroxylation is 1. The van der Waals surface area contributed by atoms with Crippen LogP contribution in [0.2, 0.25) is 0 Å². The quantitative estimate of drug-likeness (QED) is 0.258. The van der Waals surface area contributed by atoms with Crippen molar-refractivity contribution in [2.24, 2.45) is 11.1 Å². The Morgan fingerprint density at radius 3 is 2.44 bits per heavy atom. The minimum absolute atomic E-state index is 0.00559. The van der Waals surface area contributed by atoms with Gasteiger partial charge in [-0.2, -0.15) is 0 Å². The van der Waals surface area contributed by atoms with Gasteiger partial charge in [-0.1, -0.05) is 45.0 Å². The number of likely N-dealkylation sites (tertiary alicyclic amines) is 1. The van der Waals surface area contributed by atoms with E-state index in [9.17, 15) is 19.5 Å². The molecule has 226 valence electrons. The molecule has 0 radical (unpaired) electrons. The molecule has 0 spiro atoms. The second-order valence-corrected chi connectivity index (χ2v) is 12.2. The van der Waals surface area contributed by atoms with Gasteiger partial charge in [-0.3, -0.25) is 14.4 Å². The number of β-amino-alcohol motifs (C(OH)–C–C–N with tert-alkyl or cyclic N) is 1. The van der Waals surface area contributed by atoms with Gasteiger partial charge in [0, 0.05) is 19.5 Å². The van der Waals surface area contributed by atoms with E-state index in [1.807, 2.05) is 64.4 Å². The van der Waals surface area contributed by atoms with Crippen LogP contribution in [0.25, 0.3) is 10.4 Å². The highest BCUT2D eigenvalue weighted by atomic mass is 32.1. The highest BCUT2D eigenvalue weighted by molar-refractivity contribution is 7.13. The van der Waals surface area contributed by atoms with E-state index in [-0.39, 0.29) is 38.1 Å². The van der Waals surface area contributed by atoms with Crippen molar-refractivity contribution in [3.8, 4) is 10.4 Å². The molecule has 5 N–H and O–H groups in total. The standard InChI is InChI=1S/C29H43N5O6S/c1-18(20-6-8-21(9-7-20)25-19(2)31-17-41-25)32-27(37)23-14-22(35)15-34(23)28(38)26(29(3,4)5)33-24(36)16-40-13-12-39-11-10-30/h6-9,17-18,22-23,26,35H,10-16,30H2,1-5H3,(H,32,37)(H,33,36)/t18-,22+,23-,26+/m0/s1. The summed E-state index contributed by atoms with van der Waals surface area (Å²) in [5, 5.41) is 16.2. The topological polar surface area (TPSA) is 156 Å². The molecule has 1 aromatic carbocycles. The number of amides is 3. The van der Waals surface area contributed by atoms with Gasteiger partial charge < -0.3 is 35.8 Å². The maximum Gasteiger partial charge on any atom is 0.246 e. The normalized spacial score (nSPS) is 18.7. The van der Waals surface area contributed by atoms with Crippen LogP contribution in [0.15, 0.2) is 29.8 Å². The van der Waals surface area contributed by atoms with E-state index in [2.05, 4.69) is 15.6 Å². The van der Waals surface area contributed by atoms with E-state index in [0.29, 0.717) is 19.8 Å². The van der Waals surface area contributed by atoms with Crippen molar-refractivity contribution in [3.63, 3.8) is 0 Å². The summed E-state index contributed by atoms with van der Waals surface area (Å²) in [6, 6.07) is 5.82. The molecule has 41 heavy (non-hydrogen) atoms. The molecular weight excluding hydrogens is 546 g/mol. The highest BCUT2D eigenvalue weighted by Gasteiger charge is 2.44. The summed E-state index contributed by atoms with van der Waals surface area (Å²) >= 11 is 1.58. The minimum atomic E-state index is -0.923. The number of nitrogens with two attached hydrogens (primary N) is 1. The number of carbonyl (C=O) groups is 3. The fourth-order valence-electron chi connectivity index (χ4n) is 4.69. The Bertz CT molecular complexity index is 1170. The Morgan fingerprint density at radius 1 is 1.15 bits per heavy atom. The van der Waals surface area contributed by atoms with Gasteiger partial charge in [-0.15, -0.1) is 11.3 Å². The van der Waals surface area contributed by atoms with E-state index in [0.717, 1.165) is 21.7 Å². The molecule has 0 unspecified atom stereocenters. The Balaban J connectivity index is 1.63. The zero-order valence-electron chi connectivity index (χ0n) is 24.5. The first-order chi connectivity index (χ1) is 19.4. The number of ether oxygens (including phenoxy) is 2. The first kappa shape index (κ1) is 32.6. The van der Waals surface area contributed by atoms with Gasteiger partial charge in [0.2, 0.25) is 17.7 Å². The molecule has 12 heteroatoms. The molecule has 1 saturated heterocycles. The van der Waals surface area contributed by atoms with Crippen molar-refractivity contribution in [1.29, 1.82) is 0 Å². The number of aromatic nitrogens is 1. The van der Waals surface area contributed by atoms with Gasteiger partial charge >= 0.3 is 0 Å². The number of thiazole rings is 1. The van der Waals surface area contributed by atoms with Crippen molar-refractivity contribution in [3.05, 3.63) is 41.0 Å². The summed E-state index contributed by atoms with van der Waals surface area (Å²) in [4.78, 5) is 46.5. The number of carbonyl (C=O) groups excluding carboxylic acids is 3. The molecule has 3 rings (SSSR count). The lowest BCUT2D eigenvalue weighted by molar-refractivity contribution is -0.144. The molecule has 4 atom stereocenters. The van der Waals surface area contributed by atoms with Crippen LogP contribution in [0, 0.1) is 12.3 Å². The third kappa shape index (κ3) is 9.04. The van der Waals surface area contributed by atoms with Crippen LogP contribution in [0.5, 0.6) is 0 Å². The number of hydrogen-bond donors (Lipinski definition) is 4. The summed E-state index contributed by atoms with van der Waals surface area (Å²) < 4.78 is 10.6. The van der Waals surface area contributed by atoms with Gasteiger partial charge in [0.25, 0.3) is 0 Å². The maximum atomic E-state index is 13.7. The number of aliphatic hydroxyl groups is 1. The molecule has 2 heterocycles. The number of nitrogens with one attached hydrogen (secondary N) is 2. The third-order valence-corrected chi connectivity index (χ3v) is 7.91. The summed E-state index contributed by atoms with van der Waals surface area (Å²) in [5.41, 5.74) is 9.47. The Morgan fingerprint density at radius 2 is 1.83 bits per heavy atom. The predicted octanol–water partition coefficient (Wildman–Crippen LogP) is 1.78. The number of nitrogens with zero attached hydrogens (tertiary/aromatic N) is 2. The summed E-state index contributed by atoms with van der Waals surface area (Å²) in [7, 11) is 0. The van der Waals surface area contributed by atoms with Gasteiger partial charge in [-0.25, -0.2) is 4.98 Å². The average molecular weight is 590 g/mol. The molecule has 1 aliphatic heterocycles. The summed E-state index contributed by atoms with van der Waals surface area (Å²) in [6.07, 6.45) is -0.731. The minimum Gasteiger partial charge on any atom is -0.391 e. The SMILES string of the molecule is Cc1ncsc1-c1ccc([C@H](C)NC(=O)[C@@H]2C[C@@H](O)CN2C(=O)[C@@H](NC(=O)COCCOCCN)C(C)(C)C)cc1. The fraction of sp³-hybridized carbons (Fsp3) is 0.586. The number of rotatable bonds is 13. The molecule has 0 aliphatic carbocycles. The first-order valence-electron chi connectivity index (χ1n) is 13.9. The zero-order chi connectivity index (χ0) is 30.2. The molecule has 2 aromatic rings. The Kier molecular flexibility index (Phi) is 11.8. The lowest BCUT2D eigenvalue weighted by Crippen LogP contribution is -2.58. The maximum absolute atomic E-state index is 13.7. The van der Waals surface area contributed by atoms with Crippen molar-refractivity contribution < 1.29 is 29.0 Å². The fourth-order valence-corrected chi connectivity index (χ4v) is 5.50. The van der Waals surface area contributed by atoms with Crippen LogP contribution in [0.3, 0.4) is 0 Å². The molecule has 1 aromatic heterocycles. The summed E-state index contributed by atoms with van der Waals surface area (Å²) in [5.74, 6) is -1.24. The van der Waals surface area contributed by atoms with Crippen molar-refractivity contribution in [1.82, 2.24) is 20.5 Å². The number of hydrogen-bond acceptors (Lipinski definition) is 9. The van der Waals surface area contributed by atoms with E-state index >= 15 is 0 Å². The smallest absolute Gasteiger partial charge is 0.246 e. The predicted molar refractivity (Wildman–Crippen MR) is 157 cm³/mol. The van der Waals surface area contributed by atoms with Gasteiger partial charge in [0.1, 0.15) is 18.7 Å². The molecule has 0 bridgehead atoms. The lowest BCUT2D eigenvalue weighted by Gasteiger charge is -2.35.